The zero-order valence-electron chi connectivity index (χ0n) is 8.42. The summed E-state index contributed by atoms with van der Waals surface area (Å²) < 4.78 is 0. The highest BCUT2D eigenvalue weighted by Gasteiger charge is 2.03. The minimum Gasteiger partial charge on any atom is -0.358 e. The van der Waals surface area contributed by atoms with Gasteiger partial charge in [0, 0.05) is 23.0 Å². The molecule has 2 rings (SSSR count). The largest absolute Gasteiger partial charge is 0.358 e. The Morgan fingerprint density at radius 3 is 2.79 bits per heavy atom. The topological polar surface area (TPSA) is 32.9 Å². The van der Waals surface area contributed by atoms with E-state index in [0.29, 0.717) is 6.42 Å². The molecule has 0 aliphatic carbocycles. The summed E-state index contributed by atoms with van der Waals surface area (Å²) >= 11 is 0. The molecule has 1 N–H and O–H groups in total. The van der Waals surface area contributed by atoms with Gasteiger partial charge in [-0.1, -0.05) is 11.6 Å². The van der Waals surface area contributed by atoms with Crippen LogP contribution in [0.25, 0.3) is 10.9 Å². The van der Waals surface area contributed by atoms with Crippen LogP contribution in [-0.4, -0.2) is 11.3 Å². The minimum absolute atomic E-state index is 0.465. The lowest BCUT2D eigenvalue weighted by atomic mass is 10.1. The molecule has 2 heteroatoms. The highest BCUT2D eigenvalue weighted by molar-refractivity contribution is 5.84. The van der Waals surface area contributed by atoms with Gasteiger partial charge in [-0.2, -0.15) is 0 Å². The number of carbonyl (C=O) groups excluding carboxylic acids is 1. The van der Waals surface area contributed by atoms with E-state index < -0.39 is 0 Å². The van der Waals surface area contributed by atoms with Crippen LogP contribution in [-0.2, 0) is 11.2 Å². The van der Waals surface area contributed by atoms with Crippen LogP contribution in [0.1, 0.15) is 16.8 Å². The second-order valence-corrected chi connectivity index (χ2v) is 3.71. The molecular formula is C12H13NO. The van der Waals surface area contributed by atoms with Crippen LogP contribution in [0.4, 0.5) is 0 Å². The average Bonchev–Trinajstić information content (AvgIpc) is 2.48. The van der Waals surface area contributed by atoms with E-state index in [1.165, 1.54) is 16.5 Å². The molecule has 0 amide bonds. The third kappa shape index (κ3) is 1.43. The number of hydrogen-bond donors (Lipinski definition) is 1. The number of benzene rings is 1. The second kappa shape index (κ2) is 3.29. The standard InChI is InChI=1S/C12H13NO/c1-8-5-9(2)12-10(6-8)7-11(13-12)3-4-14/h4-7,13H,3H2,1-2H3. The highest BCUT2D eigenvalue weighted by Crippen LogP contribution is 2.21. The second-order valence-electron chi connectivity index (χ2n) is 3.71. The summed E-state index contributed by atoms with van der Waals surface area (Å²) in [4.78, 5) is 13.6. The van der Waals surface area contributed by atoms with Gasteiger partial charge >= 0.3 is 0 Å². The highest BCUT2D eigenvalue weighted by atomic mass is 16.1. The Labute approximate surface area is 82.9 Å². The normalized spacial score (nSPS) is 10.7. The fourth-order valence-electron chi connectivity index (χ4n) is 1.87. The van der Waals surface area contributed by atoms with Gasteiger partial charge in [0.1, 0.15) is 6.29 Å². The van der Waals surface area contributed by atoms with Crippen molar-refractivity contribution in [2.75, 3.05) is 0 Å². The Kier molecular flexibility index (Phi) is 2.12. The van der Waals surface area contributed by atoms with Crippen molar-refractivity contribution in [2.24, 2.45) is 0 Å². The van der Waals surface area contributed by atoms with Crippen molar-refractivity contribution in [3.8, 4) is 0 Å². The number of aldehydes is 1. The van der Waals surface area contributed by atoms with Crippen molar-refractivity contribution in [1.29, 1.82) is 0 Å². The number of fused-ring (bicyclic) bond motifs is 1. The zero-order valence-corrected chi connectivity index (χ0v) is 8.42. The van der Waals surface area contributed by atoms with Gasteiger partial charge in [-0.15, -0.1) is 0 Å². The molecule has 72 valence electrons. The third-order valence-corrected chi connectivity index (χ3v) is 2.43. The van der Waals surface area contributed by atoms with Crippen LogP contribution in [0.5, 0.6) is 0 Å². The molecule has 0 atom stereocenters. The van der Waals surface area contributed by atoms with E-state index in [1.54, 1.807) is 0 Å². The first-order valence-corrected chi connectivity index (χ1v) is 4.73. The molecule has 2 aromatic rings. The van der Waals surface area contributed by atoms with E-state index in [0.717, 1.165) is 17.5 Å². The molecule has 1 heterocycles. The quantitative estimate of drug-likeness (QED) is 0.720. The van der Waals surface area contributed by atoms with E-state index in [9.17, 15) is 4.79 Å². The summed E-state index contributed by atoms with van der Waals surface area (Å²) in [5.41, 5.74) is 4.62. The molecule has 0 bridgehead atoms. The SMILES string of the molecule is Cc1cc(C)c2[nH]c(CC=O)cc2c1. The van der Waals surface area contributed by atoms with Crippen molar-refractivity contribution < 1.29 is 4.79 Å². The number of H-pyrrole nitrogens is 1. The van der Waals surface area contributed by atoms with Crippen molar-refractivity contribution in [3.05, 3.63) is 35.0 Å². The molecule has 0 saturated heterocycles. The fraction of sp³-hybridized carbons (Fsp3) is 0.250. The molecule has 0 fully saturated rings. The predicted octanol–water partition coefficient (Wildman–Crippen LogP) is 2.53. The van der Waals surface area contributed by atoms with Crippen LogP contribution in [0.3, 0.4) is 0 Å². The number of hydrogen-bond acceptors (Lipinski definition) is 1. The van der Waals surface area contributed by atoms with Gasteiger partial charge in [-0.25, -0.2) is 0 Å². The van der Waals surface area contributed by atoms with Gasteiger partial charge < -0.3 is 9.78 Å². The van der Waals surface area contributed by atoms with Crippen LogP contribution in [0, 0.1) is 13.8 Å². The van der Waals surface area contributed by atoms with Crippen molar-refractivity contribution >= 4 is 17.2 Å². The van der Waals surface area contributed by atoms with Gasteiger partial charge in [-0.05, 0) is 31.5 Å². The first-order valence-electron chi connectivity index (χ1n) is 4.73. The maximum Gasteiger partial charge on any atom is 0.125 e. The first-order chi connectivity index (χ1) is 6.70. The van der Waals surface area contributed by atoms with Gasteiger partial charge in [-0.3, -0.25) is 0 Å². The maximum atomic E-state index is 10.4. The fourth-order valence-corrected chi connectivity index (χ4v) is 1.87. The van der Waals surface area contributed by atoms with Gasteiger partial charge in [0.15, 0.2) is 0 Å². The summed E-state index contributed by atoms with van der Waals surface area (Å²) in [5, 5.41) is 1.19. The third-order valence-electron chi connectivity index (χ3n) is 2.43. The van der Waals surface area contributed by atoms with Crippen LogP contribution < -0.4 is 0 Å². The summed E-state index contributed by atoms with van der Waals surface area (Å²) in [5.74, 6) is 0. The smallest absolute Gasteiger partial charge is 0.125 e. The Morgan fingerprint density at radius 1 is 1.29 bits per heavy atom. The van der Waals surface area contributed by atoms with E-state index in [-0.39, 0.29) is 0 Å². The Balaban J connectivity index is 2.64. The predicted molar refractivity (Wildman–Crippen MR) is 57.5 cm³/mol. The molecule has 1 aromatic carbocycles. The molecule has 2 nitrogen and oxygen atoms in total. The minimum atomic E-state index is 0.465. The lowest BCUT2D eigenvalue weighted by Crippen LogP contribution is -1.84. The first kappa shape index (κ1) is 9.00. The monoisotopic (exact) mass is 187 g/mol. The molecule has 0 aliphatic heterocycles. The van der Waals surface area contributed by atoms with E-state index in [4.69, 9.17) is 0 Å². The summed E-state index contributed by atoms with van der Waals surface area (Å²) in [6.07, 6.45) is 1.39. The molecular weight excluding hydrogens is 174 g/mol. The van der Waals surface area contributed by atoms with Crippen LogP contribution >= 0.6 is 0 Å². The maximum absolute atomic E-state index is 10.4. The zero-order chi connectivity index (χ0) is 10.1. The molecule has 14 heavy (non-hydrogen) atoms. The number of nitrogens with one attached hydrogen (secondary N) is 1. The van der Waals surface area contributed by atoms with Crippen molar-refractivity contribution in [2.45, 2.75) is 20.3 Å². The molecule has 0 spiro atoms. The number of aromatic amines is 1. The molecule has 0 saturated carbocycles. The number of rotatable bonds is 2. The van der Waals surface area contributed by atoms with Gasteiger partial charge in [0.05, 0.1) is 0 Å². The lowest BCUT2D eigenvalue weighted by molar-refractivity contribution is -0.107. The molecule has 1 aromatic heterocycles. The molecule has 0 aliphatic rings. The summed E-state index contributed by atoms with van der Waals surface area (Å²) in [7, 11) is 0. The summed E-state index contributed by atoms with van der Waals surface area (Å²) in [6.45, 7) is 4.16. The Morgan fingerprint density at radius 2 is 2.07 bits per heavy atom. The van der Waals surface area contributed by atoms with Crippen LogP contribution in [0.15, 0.2) is 18.2 Å². The molecule has 0 unspecified atom stereocenters. The van der Waals surface area contributed by atoms with E-state index in [1.807, 2.05) is 6.07 Å². The van der Waals surface area contributed by atoms with E-state index >= 15 is 0 Å². The number of carbonyl (C=O) groups is 1. The molecule has 0 radical (unpaired) electrons. The number of aryl methyl sites for hydroxylation is 2. The Hall–Kier alpha value is -1.57. The van der Waals surface area contributed by atoms with Crippen molar-refractivity contribution in [1.82, 2.24) is 4.98 Å². The van der Waals surface area contributed by atoms with E-state index in [2.05, 4.69) is 31.0 Å². The van der Waals surface area contributed by atoms with Crippen LogP contribution in [0.2, 0.25) is 0 Å². The summed E-state index contributed by atoms with van der Waals surface area (Å²) in [6, 6.07) is 6.32. The average molecular weight is 187 g/mol. The Bertz CT molecular complexity index is 482. The van der Waals surface area contributed by atoms with Gasteiger partial charge in [0.25, 0.3) is 0 Å². The van der Waals surface area contributed by atoms with Crippen molar-refractivity contribution in [3.63, 3.8) is 0 Å². The number of aromatic nitrogens is 1. The van der Waals surface area contributed by atoms with Gasteiger partial charge in [0.2, 0.25) is 0 Å². The lowest BCUT2D eigenvalue weighted by Gasteiger charge is -1.97.